The van der Waals surface area contributed by atoms with Gasteiger partial charge in [0.25, 0.3) is 0 Å². The number of anilines is 2. The van der Waals surface area contributed by atoms with Crippen LogP contribution in [0.4, 0.5) is 10.8 Å². The summed E-state index contributed by atoms with van der Waals surface area (Å²) in [7, 11) is 0. The average molecular weight is 340 g/mol. The van der Waals surface area contributed by atoms with Crippen molar-refractivity contribution < 1.29 is 4.79 Å². The Morgan fingerprint density at radius 2 is 2.10 bits per heavy atom. The van der Waals surface area contributed by atoms with E-state index in [9.17, 15) is 4.79 Å². The van der Waals surface area contributed by atoms with Crippen molar-refractivity contribution in [3.8, 4) is 0 Å². The number of rotatable bonds is 6. The summed E-state index contributed by atoms with van der Waals surface area (Å²) >= 11 is 4.49. The van der Waals surface area contributed by atoms with Crippen LogP contribution < -0.4 is 11.1 Å². The van der Waals surface area contributed by atoms with Crippen molar-refractivity contribution in [2.24, 2.45) is 0 Å². The van der Waals surface area contributed by atoms with Gasteiger partial charge >= 0.3 is 0 Å². The van der Waals surface area contributed by atoms with Crippen molar-refractivity contribution >= 4 is 51.6 Å². The van der Waals surface area contributed by atoms with Gasteiger partial charge < -0.3 is 5.73 Å². The third-order valence-corrected chi connectivity index (χ3v) is 5.43. The number of benzene rings is 1. The number of hydrogen-bond acceptors (Lipinski definition) is 7. The highest BCUT2D eigenvalue weighted by atomic mass is 32.2. The summed E-state index contributed by atoms with van der Waals surface area (Å²) < 4.78 is 0.867. The van der Waals surface area contributed by atoms with E-state index in [1.54, 1.807) is 11.8 Å². The van der Waals surface area contributed by atoms with Crippen molar-refractivity contribution in [1.82, 2.24) is 10.2 Å². The molecule has 0 saturated heterocycles. The van der Waals surface area contributed by atoms with Gasteiger partial charge in [-0.15, -0.1) is 22.0 Å². The van der Waals surface area contributed by atoms with Gasteiger partial charge in [0.05, 0.1) is 5.25 Å². The number of nitrogens with two attached hydrogens (primary N) is 1. The second kappa shape index (κ2) is 7.67. The second-order valence-electron chi connectivity index (χ2n) is 4.12. The number of carbonyl (C=O) groups excluding carboxylic acids is 1. The van der Waals surface area contributed by atoms with E-state index in [0.29, 0.717) is 10.8 Å². The zero-order valence-electron chi connectivity index (χ0n) is 11.7. The van der Waals surface area contributed by atoms with Crippen LogP contribution in [0.1, 0.15) is 13.8 Å². The molecule has 0 unspecified atom stereocenters. The minimum absolute atomic E-state index is 0.0824. The van der Waals surface area contributed by atoms with E-state index in [-0.39, 0.29) is 11.2 Å². The zero-order valence-corrected chi connectivity index (χ0v) is 14.1. The molecule has 2 rings (SSSR count). The van der Waals surface area contributed by atoms with E-state index in [0.717, 1.165) is 15.0 Å². The molecule has 21 heavy (non-hydrogen) atoms. The van der Waals surface area contributed by atoms with Crippen LogP contribution in [0.5, 0.6) is 0 Å². The summed E-state index contributed by atoms with van der Waals surface area (Å²) in [6, 6.07) is 7.47. The molecule has 1 aromatic heterocycles. The molecular formula is C13H16N4OS3. The molecule has 1 aromatic carbocycles. The van der Waals surface area contributed by atoms with Crippen LogP contribution in [-0.4, -0.2) is 27.1 Å². The predicted molar refractivity (Wildman–Crippen MR) is 91.1 cm³/mol. The number of nitrogens with one attached hydrogen (secondary N) is 1. The van der Waals surface area contributed by atoms with Gasteiger partial charge in [-0.25, -0.2) is 0 Å². The molecule has 0 spiro atoms. The number of nitrogens with zero attached hydrogens (tertiary/aromatic N) is 2. The number of nitrogen functional groups attached to an aromatic ring is 1. The molecule has 2 aromatic rings. The average Bonchev–Trinajstić information content (AvgIpc) is 2.89. The van der Waals surface area contributed by atoms with Crippen LogP contribution in [0.25, 0.3) is 0 Å². The summed E-state index contributed by atoms with van der Waals surface area (Å²) in [5.41, 5.74) is 6.36. The monoisotopic (exact) mass is 340 g/mol. The molecular weight excluding hydrogens is 324 g/mol. The van der Waals surface area contributed by atoms with Crippen LogP contribution in [0.3, 0.4) is 0 Å². The molecule has 112 valence electrons. The van der Waals surface area contributed by atoms with Gasteiger partial charge in [-0.1, -0.05) is 30.0 Å². The second-order valence-corrected chi connectivity index (χ2v) is 8.03. The first-order valence-electron chi connectivity index (χ1n) is 6.38. The lowest BCUT2D eigenvalue weighted by atomic mass is 10.3. The fourth-order valence-electron chi connectivity index (χ4n) is 1.45. The third kappa shape index (κ3) is 4.90. The molecule has 0 aliphatic heterocycles. The minimum atomic E-state index is -0.222. The molecule has 5 nitrogen and oxygen atoms in total. The Bertz CT molecular complexity index is 600. The quantitative estimate of drug-likeness (QED) is 0.477. The summed E-state index contributed by atoms with van der Waals surface area (Å²) in [5.74, 6) is 0.854. The molecule has 0 aliphatic rings. The first kappa shape index (κ1) is 16.1. The van der Waals surface area contributed by atoms with Gasteiger partial charge in [0, 0.05) is 10.6 Å². The van der Waals surface area contributed by atoms with Crippen molar-refractivity contribution in [3.63, 3.8) is 0 Å². The van der Waals surface area contributed by atoms with E-state index in [1.165, 1.54) is 23.1 Å². The Morgan fingerprint density at radius 3 is 2.76 bits per heavy atom. The lowest BCUT2D eigenvalue weighted by molar-refractivity contribution is -0.115. The summed E-state index contributed by atoms with van der Waals surface area (Å²) in [6.07, 6.45) is 0. The number of hydrogen-bond donors (Lipinski definition) is 2. The maximum atomic E-state index is 12.1. The lowest BCUT2D eigenvalue weighted by Crippen LogP contribution is -2.22. The van der Waals surface area contributed by atoms with Crippen LogP contribution in [0.15, 0.2) is 33.5 Å². The number of amides is 1. The number of aromatic nitrogens is 2. The molecule has 0 aliphatic carbocycles. The van der Waals surface area contributed by atoms with Crippen molar-refractivity contribution in [1.29, 1.82) is 0 Å². The van der Waals surface area contributed by atoms with E-state index in [4.69, 9.17) is 5.73 Å². The van der Waals surface area contributed by atoms with Gasteiger partial charge in [0.1, 0.15) is 0 Å². The normalized spacial score (nSPS) is 12.1. The standard InChI is InChI=1S/C13H16N4OS3/c1-3-19-13-17-16-12(21-13)15-11(18)8(2)20-10-6-4-9(14)5-7-10/h4-8H,3,14H2,1-2H3,(H,15,16,18)/t8-/m0/s1. The highest BCUT2D eigenvalue weighted by molar-refractivity contribution is 8.01. The Labute approximate surface area is 136 Å². The molecule has 0 radical (unpaired) electrons. The smallest absolute Gasteiger partial charge is 0.239 e. The van der Waals surface area contributed by atoms with Crippen molar-refractivity contribution in [3.05, 3.63) is 24.3 Å². The summed E-state index contributed by atoms with van der Waals surface area (Å²) in [6.45, 7) is 3.91. The third-order valence-electron chi connectivity index (χ3n) is 2.47. The van der Waals surface area contributed by atoms with E-state index in [2.05, 4.69) is 22.4 Å². The predicted octanol–water partition coefficient (Wildman–Crippen LogP) is 3.35. The van der Waals surface area contributed by atoms with Crippen LogP contribution >= 0.6 is 34.9 Å². The first-order chi connectivity index (χ1) is 10.1. The van der Waals surface area contributed by atoms with Crippen LogP contribution in [0.2, 0.25) is 0 Å². The van der Waals surface area contributed by atoms with Gasteiger partial charge in [0.15, 0.2) is 4.34 Å². The van der Waals surface area contributed by atoms with E-state index < -0.39 is 0 Å². The topological polar surface area (TPSA) is 80.9 Å². The van der Waals surface area contributed by atoms with Crippen molar-refractivity contribution in [2.45, 2.75) is 28.3 Å². The molecule has 0 fully saturated rings. The van der Waals surface area contributed by atoms with Gasteiger partial charge in [-0.3, -0.25) is 10.1 Å². The first-order valence-corrected chi connectivity index (χ1v) is 9.06. The molecule has 1 amide bonds. The molecule has 0 bridgehead atoms. The maximum absolute atomic E-state index is 12.1. The van der Waals surface area contributed by atoms with Gasteiger partial charge in [-0.2, -0.15) is 0 Å². The Balaban J connectivity index is 1.90. The lowest BCUT2D eigenvalue weighted by Gasteiger charge is -2.10. The molecule has 1 atom stereocenters. The molecule has 1 heterocycles. The number of thioether (sulfide) groups is 2. The van der Waals surface area contributed by atoms with Crippen LogP contribution in [0, 0.1) is 0 Å². The van der Waals surface area contributed by atoms with Crippen LogP contribution in [-0.2, 0) is 4.79 Å². The van der Waals surface area contributed by atoms with E-state index in [1.807, 2.05) is 31.2 Å². The fourth-order valence-corrected chi connectivity index (χ4v) is 3.97. The highest BCUT2D eigenvalue weighted by Gasteiger charge is 2.16. The largest absolute Gasteiger partial charge is 0.399 e. The van der Waals surface area contributed by atoms with Gasteiger partial charge in [-0.05, 0) is 36.9 Å². The Morgan fingerprint density at radius 1 is 1.38 bits per heavy atom. The summed E-state index contributed by atoms with van der Waals surface area (Å²) in [4.78, 5) is 13.1. The van der Waals surface area contributed by atoms with E-state index >= 15 is 0 Å². The molecule has 8 heteroatoms. The van der Waals surface area contributed by atoms with Crippen molar-refractivity contribution in [2.75, 3.05) is 16.8 Å². The van der Waals surface area contributed by atoms with Gasteiger partial charge in [0.2, 0.25) is 11.0 Å². The molecule has 3 N–H and O–H groups in total. The zero-order chi connectivity index (χ0) is 15.2. The number of carbonyl (C=O) groups is 1. The minimum Gasteiger partial charge on any atom is -0.399 e. The fraction of sp³-hybridized carbons (Fsp3) is 0.308. The Hall–Kier alpha value is -1.25. The summed E-state index contributed by atoms with van der Waals surface area (Å²) in [5, 5.41) is 11.1. The Kier molecular flexibility index (Phi) is 5.89. The SMILES string of the molecule is CCSc1nnc(NC(=O)[C@H](C)Sc2ccc(N)cc2)s1. The highest BCUT2D eigenvalue weighted by Crippen LogP contribution is 2.27. The molecule has 0 saturated carbocycles. The maximum Gasteiger partial charge on any atom is 0.239 e.